The van der Waals surface area contributed by atoms with Crippen LogP contribution in [0.4, 0.5) is 0 Å². The lowest BCUT2D eigenvalue weighted by Gasteiger charge is -2.63. The van der Waals surface area contributed by atoms with E-state index in [1.807, 2.05) is 0 Å². The van der Waals surface area contributed by atoms with E-state index in [1.54, 1.807) is 0 Å². The van der Waals surface area contributed by atoms with Crippen LogP contribution in [0.2, 0.25) is 0 Å². The van der Waals surface area contributed by atoms with Crippen LogP contribution >= 0.6 is 0 Å². The van der Waals surface area contributed by atoms with Gasteiger partial charge in [0.25, 0.3) is 0 Å². The van der Waals surface area contributed by atoms with Crippen LogP contribution in [0.3, 0.4) is 0 Å². The number of hydrogen-bond donors (Lipinski definition) is 3. The topological polar surface area (TPSA) is 58.3 Å². The lowest BCUT2D eigenvalue weighted by Crippen LogP contribution is -2.61. The molecule has 0 heterocycles. The molecule has 198 valence electrons. The van der Waals surface area contributed by atoms with Gasteiger partial charge in [-0.1, -0.05) is 53.9 Å². The molecule has 10 atom stereocenters. The number of unbranched alkanes of at least 4 members (excludes halogenated alkanes) is 1. The summed E-state index contributed by atoms with van der Waals surface area (Å²) in [5.74, 6) is 5.90. The second-order valence-corrected chi connectivity index (χ2v) is 14.2. The number of aliphatic hydroxyl groups is 1. The molecule has 0 spiro atoms. The first-order valence-corrected chi connectivity index (χ1v) is 15.3. The Morgan fingerprint density at radius 3 is 2.35 bits per heavy atom. The number of fused-ring (bicyclic) bond motifs is 5. The lowest BCUT2D eigenvalue weighted by atomic mass is 9.43. The van der Waals surface area contributed by atoms with Gasteiger partial charge in [-0.2, -0.15) is 0 Å². The quantitative estimate of drug-likeness (QED) is 0.306. The summed E-state index contributed by atoms with van der Waals surface area (Å²) in [4.78, 5) is 0. The van der Waals surface area contributed by atoms with Gasteiger partial charge in [0.2, 0.25) is 0 Å². The molecule has 3 heteroatoms. The van der Waals surface area contributed by atoms with Crippen LogP contribution in [0.1, 0.15) is 118 Å². The number of nitrogens with two attached hydrogens (primary N) is 1. The molecule has 4 aliphatic rings. The van der Waals surface area contributed by atoms with E-state index in [2.05, 4.69) is 39.9 Å². The number of aliphatic hydroxyl groups excluding tert-OH is 1. The highest BCUT2D eigenvalue weighted by Gasteiger charge is 2.62. The van der Waals surface area contributed by atoms with Crippen molar-refractivity contribution >= 4 is 0 Å². The van der Waals surface area contributed by atoms with Crippen molar-refractivity contribution in [1.29, 1.82) is 0 Å². The Kier molecular flexibility index (Phi) is 8.79. The van der Waals surface area contributed by atoms with Gasteiger partial charge in [-0.3, -0.25) is 0 Å². The highest BCUT2D eigenvalue weighted by Crippen LogP contribution is 2.68. The predicted molar refractivity (Wildman–Crippen MR) is 145 cm³/mol. The first-order chi connectivity index (χ1) is 16.2. The average molecular weight is 475 g/mol. The van der Waals surface area contributed by atoms with E-state index in [9.17, 15) is 5.11 Å². The van der Waals surface area contributed by atoms with Crippen LogP contribution in [-0.2, 0) is 0 Å². The normalized spacial score (nSPS) is 45.0. The Morgan fingerprint density at radius 2 is 1.62 bits per heavy atom. The third-order valence-electron chi connectivity index (χ3n) is 11.9. The predicted octanol–water partition coefficient (Wildman–Crippen LogP) is 6.78. The standard InChI is InChI=1S/C31H58N2O/c1-21(2)9-8-10-22(3)25-11-12-26-29-27(14-16-31(25,26)5)30(4)15-13-24(34)19-23(30)20-28(29)33-18-7-6-17-32/h21-29,33-34H,6-20,32H2,1-5H3. The first-order valence-electron chi connectivity index (χ1n) is 15.3. The summed E-state index contributed by atoms with van der Waals surface area (Å²) in [5.41, 5.74) is 6.78. The SMILES string of the molecule is CC(C)CCCC(C)C1CCC2C3C(NCCCCN)CC4CC(O)CCC4(C)C3CCC12C. The fraction of sp³-hybridized carbons (Fsp3) is 1.00. The Balaban J connectivity index is 1.53. The van der Waals surface area contributed by atoms with Crippen molar-refractivity contribution in [2.75, 3.05) is 13.1 Å². The van der Waals surface area contributed by atoms with E-state index >= 15 is 0 Å². The Morgan fingerprint density at radius 1 is 0.882 bits per heavy atom. The zero-order valence-electron chi connectivity index (χ0n) is 23.3. The van der Waals surface area contributed by atoms with Crippen LogP contribution in [0.5, 0.6) is 0 Å². The van der Waals surface area contributed by atoms with Gasteiger partial charge in [-0.15, -0.1) is 0 Å². The Bertz CT molecular complexity index is 651. The van der Waals surface area contributed by atoms with Crippen molar-refractivity contribution in [2.45, 2.75) is 130 Å². The molecule has 4 aliphatic carbocycles. The molecule has 10 unspecified atom stereocenters. The van der Waals surface area contributed by atoms with Gasteiger partial charge in [-0.05, 0) is 130 Å². The zero-order chi connectivity index (χ0) is 24.5. The molecule has 0 aromatic rings. The third kappa shape index (κ3) is 5.14. The Labute approximate surface area is 211 Å². The minimum atomic E-state index is -0.0658. The average Bonchev–Trinajstić information content (AvgIpc) is 3.14. The summed E-state index contributed by atoms with van der Waals surface area (Å²) < 4.78 is 0. The van der Waals surface area contributed by atoms with Crippen molar-refractivity contribution in [2.24, 2.45) is 58.0 Å². The number of rotatable bonds is 10. The maximum atomic E-state index is 10.5. The van der Waals surface area contributed by atoms with Gasteiger partial charge in [0.05, 0.1) is 6.10 Å². The highest BCUT2D eigenvalue weighted by molar-refractivity contribution is 5.13. The summed E-state index contributed by atoms with van der Waals surface area (Å²) in [6.45, 7) is 14.6. The zero-order valence-corrected chi connectivity index (χ0v) is 23.3. The summed E-state index contributed by atoms with van der Waals surface area (Å²) in [6.07, 6.45) is 16.9. The maximum Gasteiger partial charge on any atom is 0.0543 e. The fourth-order valence-electron chi connectivity index (χ4n) is 10.0. The lowest BCUT2D eigenvalue weighted by molar-refractivity contribution is -0.142. The highest BCUT2D eigenvalue weighted by atomic mass is 16.3. The minimum Gasteiger partial charge on any atom is -0.393 e. The number of hydrogen-bond acceptors (Lipinski definition) is 3. The van der Waals surface area contributed by atoms with Crippen LogP contribution in [0.15, 0.2) is 0 Å². The molecule has 0 bridgehead atoms. The van der Waals surface area contributed by atoms with Crippen molar-refractivity contribution in [3.63, 3.8) is 0 Å². The van der Waals surface area contributed by atoms with E-state index in [0.29, 0.717) is 22.8 Å². The van der Waals surface area contributed by atoms with Gasteiger partial charge >= 0.3 is 0 Å². The Hall–Kier alpha value is -0.120. The largest absolute Gasteiger partial charge is 0.393 e. The van der Waals surface area contributed by atoms with E-state index in [0.717, 1.165) is 67.9 Å². The van der Waals surface area contributed by atoms with E-state index in [-0.39, 0.29) is 6.10 Å². The van der Waals surface area contributed by atoms with Crippen LogP contribution < -0.4 is 11.1 Å². The van der Waals surface area contributed by atoms with Gasteiger partial charge in [0.15, 0.2) is 0 Å². The van der Waals surface area contributed by atoms with Crippen LogP contribution in [0, 0.1) is 52.3 Å². The van der Waals surface area contributed by atoms with Gasteiger partial charge in [0.1, 0.15) is 0 Å². The fourth-order valence-corrected chi connectivity index (χ4v) is 10.0. The van der Waals surface area contributed by atoms with Gasteiger partial charge in [-0.25, -0.2) is 0 Å². The molecular formula is C31H58N2O. The van der Waals surface area contributed by atoms with E-state index in [4.69, 9.17) is 5.73 Å². The summed E-state index contributed by atoms with van der Waals surface area (Å²) in [6, 6.07) is 0.644. The number of nitrogens with one attached hydrogen (secondary N) is 1. The van der Waals surface area contributed by atoms with Crippen molar-refractivity contribution < 1.29 is 5.11 Å². The molecule has 4 saturated carbocycles. The molecule has 0 aliphatic heterocycles. The molecule has 0 saturated heterocycles. The molecule has 3 nitrogen and oxygen atoms in total. The molecule has 0 radical (unpaired) electrons. The molecule has 4 fully saturated rings. The van der Waals surface area contributed by atoms with E-state index in [1.165, 1.54) is 64.2 Å². The van der Waals surface area contributed by atoms with E-state index < -0.39 is 0 Å². The minimum absolute atomic E-state index is 0.0658. The molecule has 0 amide bonds. The smallest absolute Gasteiger partial charge is 0.0543 e. The summed E-state index contributed by atoms with van der Waals surface area (Å²) in [7, 11) is 0. The summed E-state index contributed by atoms with van der Waals surface area (Å²) in [5, 5.41) is 14.7. The molecule has 0 aromatic heterocycles. The van der Waals surface area contributed by atoms with Gasteiger partial charge < -0.3 is 16.2 Å². The van der Waals surface area contributed by atoms with Crippen LogP contribution in [-0.4, -0.2) is 30.3 Å². The molecule has 4 N–H and O–H groups in total. The van der Waals surface area contributed by atoms with Crippen LogP contribution in [0.25, 0.3) is 0 Å². The van der Waals surface area contributed by atoms with Crippen molar-refractivity contribution in [3.8, 4) is 0 Å². The third-order valence-corrected chi connectivity index (χ3v) is 11.9. The molecular weight excluding hydrogens is 416 g/mol. The second-order valence-electron chi connectivity index (χ2n) is 14.2. The second kappa shape index (κ2) is 11.1. The van der Waals surface area contributed by atoms with Gasteiger partial charge in [0, 0.05) is 6.04 Å². The molecule has 0 aromatic carbocycles. The van der Waals surface area contributed by atoms with Crippen molar-refractivity contribution in [3.05, 3.63) is 0 Å². The monoisotopic (exact) mass is 474 g/mol. The van der Waals surface area contributed by atoms with Crippen molar-refractivity contribution in [1.82, 2.24) is 5.32 Å². The molecule has 4 rings (SSSR count). The maximum absolute atomic E-state index is 10.5. The first kappa shape index (κ1) is 26.9. The molecule has 34 heavy (non-hydrogen) atoms. The summed E-state index contributed by atoms with van der Waals surface area (Å²) >= 11 is 0.